The average Bonchev–Trinajstić information content (AvgIpc) is 3.22. The van der Waals surface area contributed by atoms with Gasteiger partial charge in [0.25, 0.3) is 0 Å². The summed E-state index contributed by atoms with van der Waals surface area (Å²) < 4.78 is 0. The molecule has 12 heteroatoms. The summed E-state index contributed by atoms with van der Waals surface area (Å²) >= 11 is 1.47. The van der Waals surface area contributed by atoms with E-state index in [2.05, 4.69) is 10.6 Å². The molecule has 5 unspecified atom stereocenters. The van der Waals surface area contributed by atoms with Gasteiger partial charge in [-0.2, -0.15) is 11.8 Å². The number of nitrogens with two attached hydrogens (primary N) is 1. The SMILES string of the molecule is CCC(C)C(NC(=O)C(N)CC(=O)O)C(=O)N1CCCC1C(=O)NC(CCSC)C(=O)O. The molecule has 0 aromatic rings. The van der Waals surface area contributed by atoms with Gasteiger partial charge in [-0.15, -0.1) is 0 Å². The minimum absolute atomic E-state index is 0.260. The molecule has 1 aliphatic heterocycles. The lowest BCUT2D eigenvalue weighted by molar-refractivity contribution is -0.145. The van der Waals surface area contributed by atoms with Crippen molar-refractivity contribution in [2.45, 2.75) is 70.1 Å². The van der Waals surface area contributed by atoms with E-state index < -0.39 is 60.2 Å². The summed E-state index contributed by atoms with van der Waals surface area (Å²) in [6, 6.07) is -4.17. The van der Waals surface area contributed by atoms with Crippen LogP contribution < -0.4 is 16.4 Å². The number of hydrogen-bond donors (Lipinski definition) is 5. The Morgan fingerprint density at radius 1 is 1.19 bits per heavy atom. The minimum atomic E-state index is -1.31. The van der Waals surface area contributed by atoms with E-state index in [-0.39, 0.29) is 12.3 Å². The highest BCUT2D eigenvalue weighted by molar-refractivity contribution is 7.98. The molecule has 32 heavy (non-hydrogen) atoms. The number of carbonyl (C=O) groups excluding carboxylic acids is 3. The highest BCUT2D eigenvalue weighted by atomic mass is 32.2. The molecule has 0 aromatic heterocycles. The van der Waals surface area contributed by atoms with Crippen LogP contribution >= 0.6 is 11.8 Å². The molecule has 0 radical (unpaired) electrons. The van der Waals surface area contributed by atoms with Gasteiger partial charge in [0.2, 0.25) is 17.7 Å². The predicted molar refractivity (Wildman–Crippen MR) is 119 cm³/mol. The predicted octanol–water partition coefficient (Wildman–Crippen LogP) is -0.367. The van der Waals surface area contributed by atoms with Crippen LogP contribution in [0.5, 0.6) is 0 Å². The number of nitrogens with one attached hydrogen (secondary N) is 2. The van der Waals surface area contributed by atoms with Crippen LogP contribution in [0.15, 0.2) is 0 Å². The summed E-state index contributed by atoms with van der Waals surface area (Å²) in [6.07, 6.45) is 3.01. The zero-order valence-electron chi connectivity index (χ0n) is 18.7. The number of carboxylic acid groups (broad SMARTS) is 2. The molecule has 182 valence electrons. The second-order valence-corrected chi connectivity index (χ2v) is 8.93. The Morgan fingerprint density at radius 2 is 1.84 bits per heavy atom. The van der Waals surface area contributed by atoms with E-state index in [1.54, 1.807) is 6.92 Å². The van der Waals surface area contributed by atoms with Gasteiger partial charge in [0, 0.05) is 6.54 Å². The van der Waals surface area contributed by atoms with E-state index in [0.29, 0.717) is 31.6 Å². The van der Waals surface area contributed by atoms with E-state index in [1.807, 2.05) is 13.2 Å². The third kappa shape index (κ3) is 7.97. The number of thioether (sulfide) groups is 1. The molecule has 1 heterocycles. The third-order valence-corrected chi connectivity index (χ3v) is 6.22. The first-order valence-electron chi connectivity index (χ1n) is 10.6. The van der Waals surface area contributed by atoms with Crippen molar-refractivity contribution in [2.75, 3.05) is 18.6 Å². The molecule has 0 saturated carbocycles. The monoisotopic (exact) mass is 474 g/mol. The standard InChI is InChI=1S/C20H34N4O7S/c1-4-11(2)16(23-17(27)12(21)10-15(25)26)19(29)24-8-5-6-14(24)18(28)22-13(20(30)31)7-9-32-3/h11-14,16H,4-10,21H2,1-3H3,(H,22,28)(H,23,27)(H,25,26)(H,30,31). The van der Waals surface area contributed by atoms with Crippen molar-refractivity contribution >= 4 is 41.4 Å². The van der Waals surface area contributed by atoms with Crippen LogP contribution in [0, 0.1) is 5.92 Å². The summed E-state index contributed by atoms with van der Waals surface area (Å²) in [5.74, 6) is -3.87. The van der Waals surface area contributed by atoms with Crippen molar-refractivity contribution in [3.63, 3.8) is 0 Å². The fourth-order valence-corrected chi connectivity index (χ4v) is 3.94. The Bertz CT molecular complexity index is 705. The normalized spacial score (nSPS) is 19.5. The molecule has 0 aromatic carbocycles. The zero-order chi connectivity index (χ0) is 24.4. The maximum atomic E-state index is 13.3. The highest BCUT2D eigenvalue weighted by Gasteiger charge is 2.40. The topological polar surface area (TPSA) is 179 Å². The fourth-order valence-electron chi connectivity index (χ4n) is 3.47. The number of aliphatic carboxylic acids is 2. The quantitative estimate of drug-likeness (QED) is 0.238. The van der Waals surface area contributed by atoms with Crippen LogP contribution in [-0.2, 0) is 24.0 Å². The Labute approximate surface area is 191 Å². The van der Waals surface area contributed by atoms with E-state index >= 15 is 0 Å². The first-order chi connectivity index (χ1) is 15.0. The van der Waals surface area contributed by atoms with Gasteiger partial charge >= 0.3 is 11.9 Å². The lowest BCUT2D eigenvalue weighted by Crippen LogP contribution is -2.58. The smallest absolute Gasteiger partial charge is 0.326 e. The van der Waals surface area contributed by atoms with E-state index in [9.17, 15) is 29.1 Å². The number of carbonyl (C=O) groups is 5. The molecule has 1 fully saturated rings. The van der Waals surface area contributed by atoms with Crippen molar-refractivity contribution < 1.29 is 34.2 Å². The van der Waals surface area contributed by atoms with Crippen LogP contribution in [0.4, 0.5) is 0 Å². The number of amides is 3. The van der Waals surface area contributed by atoms with Crippen molar-refractivity contribution in [2.24, 2.45) is 11.7 Å². The molecule has 0 spiro atoms. The molecular weight excluding hydrogens is 440 g/mol. The molecule has 0 bridgehead atoms. The molecule has 1 saturated heterocycles. The van der Waals surface area contributed by atoms with Gasteiger partial charge < -0.3 is 31.5 Å². The number of carboxylic acids is 2. The van der Waals surface area contributed by atoms with Crippen LogP contribution in [-0.4, -0.2) is 87.5 Å². The Morgan fingerprint density at radius 3 is 2.38 bits per heavy atom. The Kier molecular flexibility index (Phi) is 11.5. The highest BCUT2D eigenvalue weighted by Crippen LogP contribution is 2.22. The molecule has 5 atom stereocenters. The van der Waals surface area contributed by atoms with E-state index in [0.717, 1.165) is 0 Å². The van der Waals surface area contributed by atoms with Crippen molar-refractivity contribution in [1.82, 2.24) is 15.5 Å². The minimum Gasteiger partial charge on any atom is -0.481 e. The summed E-state index contributed by atoms with van der Waals surface area (Å²) in [5.41, 5.74) is 5.62. The molecular formula is C20H34N4O7S. The summed E-state index contributed by atoms with van der Waals surface area (Å²) in [7, 11) is 0. The van der Waals surface area contributed by atoms with Crippen LogP contribution in [0.3, 0.4) is 0 Å². The molecule has 0 aliphatic carbocycles. The second-order valence-electron chi connectivity index (χ2n) is 7.95. The summed E-state index contributed by atoms with van der Waals surface area (Å²) in [5, 5.41) is 23.3. The number of nitrogens with zero attached hydrogens (tertiary/aromatic N) is 1. The molecule has 6 N–H and O–H groups in total. The molecule has 3 amide bonds. The number of rotatable bonds is 13. The largest absolute Gasteiger partial charge is 0.481 e. The van der Waals surface area contributed by atoms with Crippen LogP contribution in [0.25, 0.3) is 0 Å². The van der Waals surface area contributed by atoms with Gasteiger partial charge in [-0.05, 0) is 37.2 Å². The van der Waals surface area contributed by atoms with Crippen LogP contribution in [0.1, 0.15) is 46.0 Å². The maximum absolute atomic E-state index is 13.3. The van der Waals surface area contributed by atoms with E-state index in [4.69, 9.17) is 10.8 Å². The zero-order valence-corrected chi connectivity index (χ0v) is 19.5. The van der Waals surface area contributed by atoms with Crippen molar-refractivity contribution in [3.8, 4) is 0 Å². The van der Waals surface area contributed by atoms with Crippen molar-refractivity contribution in [1.29, 1.82) is 0 Å². The second kappa shape index (κ2) is 13.3. The fraction of sp³-hybridized carbons (Fsp3) is 0.750. The first kappa shape index (κ1) is 27.7. The average molecular weight is 475 g/mol. The van der Waals surface area contributed by atoms with E-state index in [1.165, 1.54) is 16.7 Å². The third-order valence-electron chi connectivity index (χ3n) is 5.57. The lowest BCUT2D eigenvalue weighted by Gasteiger charge is -2.32. The summed E-state index contributed by atoms with van der Waals surface area (Å²) in [4.78, 5) is 62.1. The Balaban J connectivity index is 2.96. The van der Waals surface area contributed by atoms with Gasteiger partial charge in [-0.25, -0.2) is 4.79 Å². The van der Waals surface area contributed by atoms with Gasteiger partial charge in [0.05, 0.1) is 12.5 Å². The Hall–Kier alpha value is -2.34. The molecule has 11 nitrogen and oxygen atoms in total. The molecule has 1 rings (SSSR count). The first-order valence-corrected chi connectivity index (χ1v) is 12.0. The van der Waals surface area contributed by atoms with Gasteiger partial charge in [0.1, 0.15) is 18.1 Å². The summed E-state index contributed by atoms with van der Waals surface area (Å²) in [6.45, 7) is 3.90. The van der Waals surface area contributed by atoms with Crippen molar-refractivity contribution in [3.05, 3.63) is 0 Å². The van der Waals surface area contributed by atoms with Gasteiger partial charge in [0.15, 0.2) is 0 Å². The van der Waals surface area contributed by atoms with Crippen LogP contribution in [0.2, 0.25) is 0 Å². The lowest BCUT2D eigenvalue weighted by atomic mass is 9.96. The number of likely N-dealkylation sites (tertiary alicyclic amines) is 1. The van der Waals surface area contributed by atoms with Gasteiger partial charge in [-0.3, -0.25) is 19.2 Å². The van der Waals surface area contributed by atoms with Gasteiger partial charge in [-0.1, -0.05) is 20.3 Å². The molecule has 1 aliphatic rings. The number of hydrogen-bond acceptors (Lipinski definition) is 7. The maximum Gasteiger partial charge on any atom is 0.326 e.